The summed E-state index contributed by atoms with van der Waals surface area (Å²) in [5, 5.41) is 2.95. The van der Waals surface area contributed by atoms with Crippen LogP contribution in [0.5, 0.6) is 0 Å². The molecule has 0 radical (unpaired) electrons. The van der Waals surface area contributed by atoms with Crippen molar-refractivity contribution in [3.63, 3.8) is 0 Å². The number of benzene rings is 2. The predicted octanol–water partition coefficient (Wildman–Crippen LogP) is 4.15. The van der Waals surface area contributed by atoms with E-state index in [2.05, 4.69) is 21.2 Å². The third kappa shape index (κ3) is 4.03. The normalized spacial score (nSPS) is 13.4. The van der Waals surface area contributed by atoms with Crippen molar-refractivity contribution in [2.75, 3.05) is 10.2 Å². The number of amides is 2. The summed E-state index contributed by atoms with van der Waals surface area (Å²) in [7, 11) is 0. The third-order valence-corrected chi connectivity index (χ3v) is 4.44. The van der Waals surface area contributed by atoms with E-state index in [0.29, 0.717) is 5.69 Å². The number of carbonyl (C=O) groups is 2. The van der Waals surface area contributed by atoms with Gasteiger partial charge >= 0.3 is 0 Å². The summed E-state index contributed by atoms with van der Waals surface area (Å²) in [5.41, 5.74) is 2.39. The molecular weight excluding hydrogens is 368 g/mol. The number of anilines is 2. The summed E-state index contributed by atoms with van der Waals surface area (Å²) in [6.45, 7) is 1.57. The summed E-state index contributed by atoms with van der Waals surface area (Å²) >= 11 is 3.41. The molecule has 0 aromatic heterocycles. The van der Waals surface area contributed by atoms with Gasteiger partial charge in [-0.2, -0.15) is 0 Å². The number of hydrogen-bond donors (Lipinski definition) is 1. The molecule has 1 saturated carbocycles. The van der Waals surface area contributed by atoms with Crippen LogP contribution in [0.1, 0.15) is 25.3 Å². The Morgan fingerprint density at radius 1 is 1.17 bits per heavy atom. The fourth-order valence-electron chi connectivity index (χ4n) is 2.77. The molecule has 1 aliphatic rings. The smallest absolute Gasteiger partial charge is 0.228 e. The van der Waals surface area contributed by atoms with Crippen molar-refractivity contribution in [3.8, 4) is 0 Å². The van der Waals surface area contributed by atoms with E-state index in [9.17, 15) is 9.59 Å². The highest BCUT2D eigenvalue weighted by Crippen LogP contribution is 2.36. The van der Waals surface area contributed by atoms with Crippen LogP contribution in [0.2, 0.25) is 0 Å². The molecule has 1 N–H and O–H groups in total. The number of nitrogens with one attached hydrogen (secondary N) is 1. The van der Waals surface area contributed by atoms with Gasteiger partial charge in [-0.15, -0.1) is 0 Å². The number of para-hydroxylation sites is 2. The van der Waals surface area contributed by atoms with Gasteiger partial charge in [0.05, 0.1) is 17.8 Å². The van der Waals surface area contributed by atoms with Crippen molar-refractivity contribution in [1.29, 1.82) is 0 Å². The average Bonchev–Trinajstić information content (AvgIpc) is 3.33. The number of carbonyl (C=O) groups excluding carboxylic acids is 2. The minimum Gasteiger partial charge on any atom is -0.324 e. The van der Waals surface area contributed by atoms with Crippen molar-refractivity contribution in [2.45, 2.75) is 32.2 Å². The molecule has 1 fully saturated rings. The Morgan fingerprint density at radius 3 is 2.58 bits per heavy atom. The Labute approximate surface area is 150 Å². The van der Waals surface area contributed by atoms with E-state index in [1.165, 1.54) is 0 Å². The van der Waals surface area contributed by atoms with Crippen LogP contribution >= 0.6 is 15.9 Å². The van der Waals surface area contributed by atoms with E-state index >= 15 is 0 Å². The van der Waals surface area contributed by atoms with Gasteiger partial charge in [-0.05, 0) is 42.7 Å². The summed E-state index contributed by atoms with van der Waals surface area (Å²) in [5.74, 6) is -0.0916. The Balaban J connectivity index is 1.77. The van der Waals surface area contributed by atoms with Crippen LogP contribution in [0.4, 0.5) is 11.4 Å². The lowest BCUT2D eigenvalue weighted by Gasteiger charge is -2.23. The molecule has 0 spiro atoms. The van der Waals surface area contributed by atoms with Gasteiger partial charge in [0, 0.05) is 17.4 Å². The Kier molecular flexibility index (Phi) is 5.00. The molecular formula is C19H19BrN2O2. The lowest BCUT2D eigenvalue weighted by molar-refractivity contribution is -0.117. The molecule has 3 rings (SSSR count). The second kappa shape index (κ2) is 7.18. The first-order chi connectivity index (χ1) is 11.5. The van der Waals surface area contributed by atoms with Gasteiger partial charge in [-0.25, -0.2) is 0 Å². The molecule has 2 amide bonds. The molecule has 0 saturated heterocycles. The standard InChI is InChI=1S/C19H19BrN2O2/c1-13(23)22(16-9-10-16)18-8-3-2-7-17(18)21-19(24)12-14-5-4-6-15(20)11-14/h2-8,11,16H,9-10,12H2,1H3,(H,21,24). The minimum absolute atomic E-state index is 0.00573. The van der Waals surface area contributed by atoms with Crippen molar-refractivity contribution in [1.82, 2.24) is 0 Å². The zero-order chi connectivity index (χ0) is 17.1. The zero-order valence-corrected chi connectivity index (χ0v) is 15.0. The summed E-state index contributed by atoms with van der Waals surface area (Å²) in [4.78, 5) is 26.2. The van der Waals surface area contributed by atoms with Gasteiger partial charge in [0.25, 0.3) is 0 Å². The number of halogens is 1. The molecule has 24 heavy (non-hydrogen) atoms. The molecule has 2 aromatic carbocycles. The average molecular weight is 387 g/mol. The quantitative estimate of drug-likeness (QED) is 0.838. The monoisotopic (exact) mass is 386 g/mol. The minimum atomic E-state index is -0.0974. The summed E-state index contributed by atoms with van der Waals surface area (Å²) in [6.07, 6.45) is 2.32. The van der Waals surface area contributed by atoms with Crippen LogP contribution < -0.4 is 10.2 Å². The first kappa shape index (κ1) is 16.7. The van der Waals surface area contributed by atoms with E-state index in [1.54, 1.807) is 11.8 Å². The van der Waals surface area contributed by atoms with Gasteiger partial charge < -0.3 is 10.2 Å². The van der Waals surface area contributed by atoms with Crippen molar-refractivity contribution >= 4 is 39.1 Å². The van der Waals surface area contributed by atoms with E-state index < -0.39 is 0 Å². The molecule has 0 unspecified atom stereocenters. The van der Waals surface area contributed by atoms with Gasteiger partial charge in [0.2, 0.25) is 11.8 Å². The molecule has 5 heteroatoms. The van der Waals surface area contributed by atoms with E-state index in [0.717, 1.165) is 28.6 Å². The fourth-order valence-corrected chi connectivity index (χ4v) is 3.22. The van der Waals surface area contributed by atoms with E-state index in [-0.39, 0.29) is 24.3 Å². The van der Waals surface area contributed by atoms with Gasteiger partial charge in [0.15, 0.2) is 0 Å². The molecule has 1 aliphatic carbocycles. The predicted molar refractivity (Wildman–Crippen MR) is 99.1 cm³/mol. The van der Waals surface area contributed by atoms with Crippen molar-refractivity contribution < 1.29 is 9.59 Å². The molecule has 4 nitrogen and oxygen atoms in total. The first-order valence-electron chi connectivity index (χ1n) is 7.97. The van der Waals surface area contributed by atoms with Crippen LogP contribution in [-0.2, 0) is 16.0 Å². The first-order valence-corrected chi connectivity index (χ1v) is 8.77. The lowest BCUT2D eigenvalue weighted by Crippen LogP contribution is -2.31. The second-order valence-electron chi connectivity index (χ2n) is 5.99. The largest absolute Gasteiger partial charge is 0.324 e. The molecule has 124 valence electrons. The highest BCUT2D eigenvalue weighted by Gasteiger charge is 2.33. The van der Waals surface area contributed by atoms with Crippen LogP contribution in [0, 0.1) is 0 Å². The zero-order valence-electron chi connectivity index (χ0n) is 13.5. The highest BCUT2D eigenvalue weighted by atomic mass is 79.9. The molecule has 0 atom stereocenters. The third-order valence-electron chi connectivity index (χ3n) is 3.94. The fraction of sp³-hybridized carbons (Fsp3) is 0.263. The second-order valence-corrected chi connectivity index (χ2v) is 6.91. The lowest BCUT2D eigenvalue weighted by atomic mass is 10.1. The highest BCUT2D eigenvalue weighted by molar-refractivity contribution is 9.10. The Bertz CT molecular complexity index is 771. The Morgan fingerprint density at radius 2 is 1.92 bits per heavy atom. The van der Waals surface area contributed by atoms with E-state index in [1.807, 2.05) is 48.5 Å². The van der Waals surface area contributed by atoms with Crippen molar-refractivity contribution in [3.05, 3.63) is 58.6 Å². The van der Waals surface area contributed by atoms with Gasteiger partial charge in [0.1, 0.15) is 0 Å². The van der Waals surface area contributed by atoms with Crippen molar-refractivity contribution in [2.24, 2.45) is 0 Å². The summed E-state index contributed by atoms with van der Waals surface area (Å²) < 4.78 is 0.949. The maximum absolute atomic E-state index is 12.4. The van der Waals surface area contributed by atoms with Crippen LogP contribution in [0.3, 0.4) is 0 Å². The van der Waals surface area contributed by atoms with Gasteiger partial charge in [-0.1, -0.05) is 40.2 Å². The van der Waals surface area contributed by atoms with Crippen LogP contribution in [0.15, 0.2) is 53.0 Å². The van der Waals surface area contributed by atoms with E-state index in [4.69, 9.17) is 0 Å². The number of rotatable bonds is 5. The summed E-state index contributed by atoms with van der Waals surface area (Å²) in [6, 6.07) is 15.4. The molecule has 0 heterocycles. The molecule has 0 aliphatic heterocycles. The molecule has 2 aromatic rings. The number of hydrogen-bond acceptors (Lipinski definition) is 2. The molecule has 0 bridgehead atoms. The van der Waals surface area contributed by atoms with Crippen LogP contribution in [-0.4, -0.2) is 17.9 Å². The van der Waals surface area contributed by atoms with Gasteiger partial charge in [-0.3, -0.25) is 9.59 Å². The SMILES string of the molecule is CC(=O)N(c1ccccc1NC(=O)Cc1cccc(Br)c1)C1CC1. The maximum atomic E-state index is 12.4. The topological polar surface area (TPSA) is 49.4 Å². The maximum Gasteiger partial charge on any atom is 0.228 e. The van der Waals surface area contributed by atoms with Crippen LogP contribution in [0.25, 0.3) is 0 Å². The Hall–Kier alpha value is -2.14. The number of nitrogens with zero attached hydrogens (tertiary/aromatic N) is 1.